The van der Waals surface area contributed by atoms with Gasteiger partial charge in [0.25, 0.3) is 11.8 Å². The zero-order chi connectivity index (χ0) is 25.9. The number of para-hydroxylation sites is 1. The lowest BCUT2D eigenvalue weighted by molar-refractivity contribution is -0.192. The third kappa shape index (κ3) is 5.76. The van der Waals surface area contributed by atoms with Crippen LogP contribution in [0.2, 0.25) is 0 Å². The number of benzene rings is 1. The number of fused-ring (bicyclic) bond motifs is 2. The fourth-order valence-electron chi connectivity index (χ4n) is 4.54. The molecule has 36 heavy (non-hydrogen) atoms. The van der Waals surface area contributed by atoms with Crippen molar-refractivity contribution in [3.63, 3.8) is 0 Å². The Bertz CT molecular complexity index is 1090. The Morgan fingerprint density at radius 1 is 1.14 bits per heavy atom. The van der Waals surface area contributed by atoms with Gasteiger partial charge in [-0.15, -0.1) is 0 Å². The van der Waals surface area contributed by atoms with Crippen LogP contribution in [0.15, 0.2) is 48.8 Å². The first-order valence-electron chi connectivity index (χ1n) is 11.3. The number of nitrogens with zero attached hydrogens (tertiary/aromatic N) is 2. The van der Waals surface area contributed by atoms with E-state index in [1.807, 2.05) is 29.2 Å². The summed E-state index contributed by atoms with van der Waals surface area (Å²) in [6.07, 6.45) is -1.69. The number of halogens is 3. The number of aliphatic carboxylic acids is 1. The molecule has 192 valence electrons. The first kappa shape index (κ1) is 25.4. The number of likely N-dealkylation sites (tertiary alicyclic amines) is 1. The van der Waals surface area contributed by atoms with E-state index in [2.05, 4.69) is 10.3 Å². The smallest absolute Gasteiger partial charge is 0.480 e. The Morgan fingerprint density at radius 3 is 2.56 bits per heavy atom. The van der Waals surface area contributed by atoms with Crippen LogP contribution in [0.5, 0.6) is 5.75 Å². The van der Waals surface area contributed by atoms with E-state index in [0.29, 0.717) is 38.2 Å². The molecule has 0 spiro atoms. The zero-order valence-corrected chi connectivity index (χ0v) is 19.0. The molecule has 1 aromatic carbocycles. The molecule has 3 aliphatic heterocycles. The van der Waals surface area contributed by atoms with Crippen molar-refractivity contribution in [2.45, 2.75) is 24.8 Å². The summed E-state index contributed by atoms with van der Waals surface area (Å²) in [6.45, 7) is 2.37. The molecular weight excluding hydrogens is 483 g/mol. The van der Waals surface area contributed by atoms with Crippen LogP contribution in [-0.4, -0.2) is 77.4 Å². The molecule has 1 unspecified atom stereocenters. The van der Waals surface area contributed by atoms with Gasteiger partial charge in [-0.05, 0) is 23.8 Å². The van der Waals surface area contributed by atoms with Gasteiger partial charge in [0.1, 0.15) is 5.75 Å². The van der Waals surface area contributed by atoms with Gasteiger partial charge in [0.2, 0.25) is 0 Å². The summed E-state index contributed by atoms with van der Waals surface area (Å²) in [5, 5.41) is 10.1. The average molecular weight is 507 g/mol. The van der Waals surface area contributed by atoms with Crippen LogP contribution in [0.4, 0.5) is 13.2 Å². The molecule has 0 bridgehead atoms. The minimum Gasteiger partial charge on any atom is -0.480 e. The second-order valence-corrected chi connectivity index (χ2v) is 8.71. The van der Waals surface area contributed by atoms with Crippen molar-refractivity contribution in [1.82, 2.24) is 15.2 Å². The van der Waals surface area contributed by atoms with E-state index in [1.54, 1.807) is 24.5 Å². The molecule has 0 radical (unpaired) electrons. The Labute approximate surface area is 204 Å². The number of carboxylic acids is 1. The summed E-state index contributed by atoms with van der Waals surface area (Å²) >= 11 is 0. The van der Waals surface area contributed by atoms with E-state index >= 15 is 0 Å². The molecule has 2 fully saturated rings. The number of nitrogens with one attached hydrogen (secondary N) is 1. The molecule has 2 amide bonds. The molecule has 2 N–H and O–H groups in total. The van der Waals surface area contributed by atoms with Gasteiger partial charge in [0.05, 0.1) is 18.3 Å². The van der Waals surface area contributed by atoms with E-state index in [-0.39, 0.29) is 29.8 Å². The third-order valence-corrected chi connectivity index (χ3v) is 6.36. The second kappa shape index (κ2) is 10.5. The molecule has 4 heterocycles. The Hall–Kier alpha value is -3.67. The summed E-state index contributed by atoms with van der Waals surface area (Å²) in [4.78, 5) is 40.0. The molecule has 9 nitrogen and oxygen atoms in total. The monoisotopic (exact) mass is 507 g/mol. The predicted molar refractivity (Wildman–Crippen MR) is 118 cm³/mol. The maximum atomic E-state index is 13.0. The number of carboxylic acid groups (broad SMARTS) is 1. The third-order valence-electron chi connectivity index (χ3n) is 6.36. The van der Waals surface area contributed by atoms with Gasteiger partial charge in [0.15, 0.2) is 6.10 Å². The number of carbonyl (C=O) groups excluding carboxylic acids is 2. The lowest BCUT2D eigenvalue weighted by Crippen LogP contribution is -2.41. The molecule has 4 atom stereocenters. The standard InChI is InChI=1S/C22H23N3O4.C2HF3O2/c26-21(15-5-3-7-23-9-15)24-10-16-13-28-20-12-25(11-17(16)20)22(27)19-8-14-4-1-2-6-18(14)29-19;3-2(4,5)1(6)7/h1-7,9,16-17,19-20H,8,10-13H2,(H,24,26);(H,6,7)/t16-,17+,19?,20+;/m0./s1. The Balaban J connectivity index is 0.000000384. The van der Waals surface area contributed by atoms with Crippen LogP contribution in [0, 0.1) is 11.8 Å². The van der Waals surface area contributed by atoms with Gasteiger partial charge in [0, 0.05) is 50.3 Å². The number of amides is 2. The highest BCUT2D eigenvalue weighted by Gasteiger charge is 2.47. The minimum atomic E-state index is -5.08. The van der Waals surface area contributed by atoms with E-state index < -0.39 is 18.2 Å². The van der Waals surface area contributed by atoms with Gasteiger partial charge in [-0.3, -0.25) is 14.6 Å². The van der Waals surface area contributed by atoms with Crippen LogP contribution in [-0.2, 0) is 20.7 Å². The Kier molecular flexibility index (Phi) is 7.43. The number of hydrogen-bond donors (Lipinski definition) is 2. The van der Waals surface area contributed by atoms with Crippen molar-refractivity contribution < 1.29 is 42.1 Å². The number of hydrogen-bond acceptors (Lipinski definition) is 6. The van der Waals surface area contributed by atoms with E-state index in [0.717, 1.165) is 11.3 Å². The maximum absolute atomic E-state index is 13.0. The molecule has 1 aromatic heterocycles. The molecule has 3 aliphatic rings. The van der Waals surface area contributed by atoms with E-state index in [9.17, 15) is 22.8 Å². The number of aromatic nitrogens is 1. The zero-order valence-electron chi connectivity index (χ0n) is 19.0. The topological polar surface area (TPSA) is 118 Å². The highest BCUT2D eigenvalue weighted by atomic mass is 19.4. The molecule has 12 heteroatoms. The summed E-state index contributed by atoms with van der Waals surface area (Å²) in [5.41, 5.74) is 1.63. The number of rotatable bonds is 4. The van der Waals surface area contributed by atoms with Gasteiger partial charge in [-0.1, -0.05) is 18.2 Å². The number of alkyl halides is 3. The first-order chi connectivity index (χ1) is 17.1. The van der Waals surface area contributed by atoms with Crippen LogP contribution in [0.25, 0.3) is 0 Å². The van der Waals surface area contributed by atoms with Crippen molar-refractivity contribution in [2.75, 3.05) is 26.2 Å². The highest BCUT2D eigenvalue weighted by molar-refractivity contribution is 5.93. The number of carbonyl (C=O) groups is 3. The van der Waals surface area contributed by atoms with Crippen LogP contribution in [0.3, 0.4) is 0 Å². The predicted octanol–water partition coefficient (Wildman–Crippen LogP) is 1.92. The maximum Gasteiger partial charge on any atom is 0.490 e. The summed E-state index contributed by atoms with van der Waals surface area (Å²) in [6, 6.07) is 11.3. The van der Waals surface area contributed by atoms with Gasteiger partial charge < -0.3 is 24.8 Å². The lowest BCUT2D eigenvalue weighted by atomic mass is 9.93. The summed E-state index contributed by atoms with van der Waals surface area (Å²) in [5.74, 6) is -1.64. The number of ether oxygens (including phenoxy) is 2. The Morgan fingerprint density at radius 2 is 1.89 bits per heavy atom. The quantitative estimate of drug-likeness (QED) is 0.649. The summed E-state index contributed by atoms with van der Waals surface area (Å²) < 4.78 is 43.5. The first-order valence-corrected chi connectivity index (χ1v) is 11.3. The molecular formula is C24H24F3N3O6. The van der Waals surface area contributed by atoms with Gasteiger partial charge >= 0.3 is 12.1 Å². The SMILES string of the molecule is O=C(NC[C@H]1CO[C@@H]2CN(C(=O)C3Cc4ccccc4O3)C[C@H]12)c1cccnc1.O=C(O)C(F)(F)F. The number of pyridine rings is 1. The molecule has 2 saturated heterocycles. The molecule has 0 saturated carbocycles. The minimum absolute atomic E-state index is 0.0253. The van der Waals surface area contributed by atoms with Gasteiger partial charge in [-0.2, -0.15) is 13.2 Å². The highest BCUT2D eigenvalue weighted by Crippen LogP contribution is 2.35. The lowest BCUT2D eigenvalue weighted by Gasteiger charge is -2.22. The fraction of sp³-hybridized carbons (Fsp3) is 0.417. The van der Waals surface area contributed by atoms with Crippen molar-refractivity contribution in [3.8, 4) is 5.75 Å². The van der Waals surface area contributed by atoms with E-state index in [4.69, 9.17) is 19.4 Å². The van der Waals surface area contributed by atoms with Crippen LogP contribution < -0.4 is 10.1 Å². The van der Waals surface area contributed by atoms with Crippen molar-refractivity contribution in [1.29, 1.82) is 0 Å². The molecule has 5 rings (SSSR count). The summed E-state index contributed by atoms with van der Waals surface area (Å²) in [7, 11) is 0. The average Bonchev–Trinajstić information content (AvgIpc) is 3.57. The largest absolute Gasteiger partial charge is 0.490 e. The van der Waals surface area contributed by atoms with E-state index in [1.165, 1.54) is 0 Å². The van der Waals surface area contributed by atoms with Gasteiger partial charge in [-0.25, -0.2) is 4.79 Å². The van der Waals surface area contributed by atoms with Crippen LogP contribution in [0.1, 0.15) is 15.9 Å². The van der Waals surface area contributed by atoms with Crippen LogP contribution >= 0.6 is 0 Å². The van der Waals surface area contributed by atoms with Crippen molar-refractivity contribution >= 4 is 17.8 Å². The normalized spacial score (nSPS) is 24.1. The molecule has 0 aliphatic carbocycles. The second-order valence-electron chi connectivity index (χ2n) is 8.71. The van der Waals surface area contributed by atoms with Crippen molar-refractivity contribution in [2.24, 2.45) is 11.8 Å². The van der Waals surface area contributed by atoms with Crippen molar-refractivity contribution in [3.05, 3.63) is 59.9 Å². The molecule has 2 aromatic rings. The fourth-order valence-corrected chi connectivity index (χ4v) is 4.54.